The molecule has 2 atom stereocenters. The number of hydrogen-bond donors (Lipinski definition) is 1. The Morgan fingerprint density at radius 3 is 2.04 bits per heavy atom. The van der Waals surface area contributed by atoms with Crippen molar-refractivity contribution >= 4 is 6.09 Å². The van der Waals surface area contributed by atoms with Crippen molar-refractivity contribution in [1.82, 2.24) is 5.32 Å². The molecular formula is C23H31NO2. The number of carbonyl (C=O) groups is 1. The highest BCUT2D eigenvalue weighted by Crippen LogP contribution is 2.36. The first kappa shape index (κ1) is 20.0. The summed E-state index contributed by atoms with van der Waals surface area (Å²) in [4.78, 5) is 12.4. The molecule has 0 heterocycles. The van der Waals surface area contributed by atoms with Gasteiger partial charge in [0.05, 0.1) is 0 Å². The van der Waals surface area contributed by atoms with Gasteiger partial charge >= 0.3 is 6.09 Å². The van der Waals surface area contributed by atoms with Crippen LogP contribution in [-0.4, -0.2) is 12.6 Å². The molecule has 0 saturated heterocycles. The Balaban J connectivity index is 2.09. The van der Waals surface area contributed by atoms with E-state index in [2.05, 4.69) is 63.3 Å². The molecule has 0 radical (unpaired) electrons. The van der Waals surface area contributed by atoms with Crippen LogP contribution in [0.2, 0.25) is 0 Å². The van der Waals surface area contributed by atoms with Gasteiger partial charge in [-0.15, -0.1) is 0 Å². The van der Waals surface area contributed by atoms with E-state index in [4.69, 9.17) is 4.74 Å². The maximum absolute atomic E-state index is 12.4. The Bertz CT molecular complexity index is 668. The third kappa shape index (κ3) is 5.35. The maximum Gasteiger partial charge on any atom is 0.412 e. The summed E-state index contributed by atoms with van der Waals surface area (Å²) < 4.78 is 5.81. The van der Waals surface area contributed by atoms with E-state index in [0.717, 1.165) is 36.1 Å². The molecule has 2 aromatic rings. The first-order valence-electron chi connectivity index (χ1n) is 9.69. The number of hydrogen-bond acceptors (Lipinski definition) is 2. The van der Waals surface area contributed by atoms with Crippen molar-refractivity contribution in [2.75, 3.05) is 6.54 Å². The van der Waals surface area contributed by atoms with Crippen LogP contribution >= 0.6 is 0 Å². The molecule has 0 fully saturated rings. The van der Waals surface area contributed by atoms with Crippen molar-refractivity contribution in [3.8, 4) is 5.75 Å². The van der Waals surface area contributed by atoms with Crippen LogP contribution in [0.25, 0.3) is 0 Å². The fourth-order valence-corrected chi connectivity index (χ4v) is 2.99. The summed E-state index contributed by atoms with van der Waals surface area (Å²) in [5, 5.41) is 2.89. The monoisotopic (exact) mass is 353 g/mol. The molecule has 2 rings (SSSR count). The molecule has 0 bridgehead atoms. The average molecular weight is 354 g/mol. The molecule has 0 aromatic heterocycles. The first-order valence-corrected chi connectivity index (χ1v) is 9.69. The predicted molar refractivity (Wildman–Crippen MR) is 108 cm³/mol. The van der Waals surface area contributed by atoms with Crippen molar-refractivity contribution in [3.05, 3.63) is 65.2 Å². The van der Waals surface area contributed by atoms with Gasteiger partial charge in [-0.25, -0.2) is 4.79 Å². The van der Waals surface area contributed by atoms with E-state index in [1.54, 1.807) is 0 Å². The van der Waals surface area contributed by atoms with Crippen LogP contribution in [0.5, 0.6) is 5.75 Å². The lowest BCUT2D eigenvalue weighted by molar-refractivity contribution is 0.199. The number of nitrogens with one attached hydrogen (secondary N) is 1. The van der Waals surface area contributed by atoms with Crippen LogP contribution < -0.4 is 10.1 Å². The molecular weight excluding hydrogens is 322 g/mol. The van der Waals surface area contributed by atoms with Gasteiger partial charge in [0.25, 0.3) is 0 Å². The molecule has 0 saturated carbocycles. The number of para-hydroxylation sites is 1. The van der Waals surface area contributed by atoms with E-state index in [9.17, 15) is 4.79 Å². The Kier molecular flexibility index (Phi) is 7.71. The molecule has 140 valence electrons. The van der Waals surface area contributed by atoms with Crippen LogP contribution in [-0.2, 0) is 6.42 Å². The van der Waals surface area contributed by atoms with E-state index >= 15 is 0 Å². The molecule has 26 heavy (non-hydrogen) atoms. The van der Waals surface area contributed by atoms with Gasteiger partial charge in [-0.2, -0.15) is 0 Å². The third-order valence-corrected chi connectivity index (χ3v) is 5.08. The maximum atomic E-state index is 12.4. The number of benzene rings is 2. The van der Waals surface area contributed by atoms with Gasteiger partial charge in [0, 0.05) is 6.54 Å². The highest BCUT2D eigenvalue weighted by atomic mass is 16.6. The zero-order valence-corrected chi connectivity index (χ0v) is 16.4. The summed E-state index contributed by atoms with van der Waals surface area (Å²) in [6.07, 6.45) is 2.44. The summed E-state index contributed by atoms with van der Waals surface area (Å²) in [7, 11) is 0. The van der Waals surface area contributed by atoms with Crippen molar-refractivity contribution in [3.63, 3.8) is 0 Å². The average Bonchev–Trinajstić information content (AvgIpc) is 2.67. The minimum Gasteiger partial charge on any atom is -0.410 e. The predicted octanol–water partition coefficient (Wildman–Crippen LogP) is 6.04. The lowest BCUT2D eigenvalue weighted by Crippen LogP contribution is -2.29. The third-order valence-electron chi connectivity index (χ3n) is 5.08. The molecule has 0 aliphatic rings. The van der Waals surface area contributed by atoms with E-state index in [1.807, 2.05) is 18.2 Å². The zero-order valence-electron chi connectivity index (χ0n) is 16.4. The highest BCUT2D eigenvalue weighted by molar-refractivity contribution is 5.71. The molecule has 3 heteroatoms. The number of rotatable bonds is 8. The summed E-state index contributed by atoms with van der Waals surface area (Å²) >= 11 is 0. The second kappa shape index (κ2) is 10.0. The summed E-state index contributed by atoms with van der Waals surface area (Å²) in [6, 6.07) is 16.4. The molecule has 1 amide bonds. The van der Waals surface area contributed by atoms with Gasteiger partial charge in [-0.05, 0) is 47.8 Å². The minimum absolute atomic E-state index is 0.353. The van der Waals surface area contributed by atoms with Crippen LogP contribution in [0.4, 0.5) is 4.79 Å². The van der Waals surface area contributed by atoms with Crippen LogP contribution in [0.15, 0.2) is 48.5 Å². The van der Waals surface area contributed by atoms with Crippen LogP contribution in [0.3, 0.4) is 0 Å². The highest BCUT2D eigenvalue weighted by Gasteiger charge is 2.19. The lowest BCUT2D eigenvalue weighted by atomic mass is 9.90. The van der Waals surface area contributed by atoms with E-state index in [0.29, 0.717) is 18.4 Å². The molecule has 2 aromatic carbocycles. The van der Waals surface area contributed by atoms with Gasteiger partial charge in [-0.3, -0.25) is 0 Å². The van der Waals surface area contributed by atoms with E-state index in [1.165, 1.54) is 5.56 Å². The topological polar surface area (TPSA) is 38.3 Å². The van der Waals surface area contributed by atoms with Crippen LogP contribution in [0, 0.1) is 0 Å². The molecule has 2 unspecified atom stereocenters. The quantitative estimate of drug-likeness (QED) is 0.628. The lowest BCUT2D eigenvalue weighted by Gasteiger charge is -2.21. The fourth-order valence-electron chi connectivity index (χ4n) is 2.99. The SMILES string of the molecule is CCC(C)c1cccc(C(C)CC)c1OC(=O)NCCc1ccccc1. The number of ether oxygens (including phenoxy) is 1. The van der Waals surface area contributed by atoms with Gasteiger partial charge in [0.15, 0.2) is 0 Å². The molecule has 3 nitrogen and oxygen atoms in total. The second-order valence-electron chi connectivity index (χ2n) is 6.94. The Morgan fingerprint density at radius 2 is 1.50 bits per heavy atom. The smallest absolute Gasteiger partial charge is 0.410 e. The fraction of sp³-hybridized carbons (Fsp3) is 0.435. The molecule has 0 aliphatic heterocycles. The number of amides is 1. The summed E-state index contributed by atoms with van der Waals surface area (Å²) in [6.45, 7) is 9.23. The normalized spacial score (nSPS) is 13.1. The first-order chi connectivity index (χ1) is 12.6. The van der Waals surface area contributed by atoms with Crippen LogP contribution in [0.1, 0.15) is 69.1 Å². The van der Waals surface area contributed by atoms with E-state index in [-0.39, 0.29) is 6.09 Å². The zero-order chi connectivity index (χ0) is 18.9. The number of carbonyl (C=O) groups excluding carboxylic acids is 1. The molecule has 0 spiro atoms. The van der Waals surface area contributed by atoms with Crippen molar-refractivity contribution in [1.29, 1.82) is 0 Å². The molecule has 1 N–H and O–H groups in total. The Hall–Kier alpha value is -2.29. The Labute approximate surface area is 157 Å². The van der Waals surface area contributed by atoms with Crippen molar-refractivity contribution in [2.24, 2.45) is 0 Å². The Morgan fingerprint density at radius 1 is 0.923 bits per heavy atom. The van der Waals surface area contributed by atoms with Gasteiger partial charge < -0.3 is 10.1 Å². The van der Waals surface area contributed by atoms with Gasteiger partial charge in [0.2, 0.25) is 0 Å². The minimum atomic E-state index is -0.374. The van der Waals surface area contributed by atoms with Gasteiger partial charge in [-0.1, -0.05) is 76.2 Å². The van der Waals surface area contributed by atoms with E-state index < -0.39 is 0 Å². The summed E-state index contributed by atoms with van der Waals surface area (Å²) in [5.41, 5.74) is 3.43. The van der Waals surface area contributed by atoms with Gasteiger partial charge in [0.1, 0.15) is 5.75 Å². The standard InChI is InChI=1S/C23H31NO2/c1-5-17(3)20-13-10-14-21(18(4)6-2)22(20)26-23(25)24-16-15-19-11-8-7-9-12-19/h7-14,17-18H,5-6,15-16H2,1-4H3,(H,24,25). The molecule has 0 aliphatic carbocycles. The largest absolute Gasteiger partial charge is 0.412 e. The van der Waals surface area contributed by atoms with Crippen molar-refractivity contribution < 1.29 is 9.53 Å². The van der Waals surface area contributed by atoms with Crippen molar-refractivity contribution in [2.45, 2.75) is 58.8 Å². The second-order valence-corrected chi connectivity index (χ2v) is 6.94. The summed E-state index contributed by atoms with van der Waals surface area (Å²) in [5.74, 6) is 1.45.